The molecule has 0 aliphatic carbocycles. The Morgan fingerprint density at radius 2 is 2.12 bits per heavy atom. The molecule has 5 nitrogen and oxygen atoms in total. The second-order valence-electron chi connectivity index (χ2n) is 7.36. The van der Waals surface area contributed by atoms with Gasteiger partial charge in [0.15, 0.2) is 0 Å². The Hall–Kier alpha value is -1.85. The number of aromatic nitrogens is 1. The lowest BCUT2D eigenvalue weighted by Crippen LogP contribution is -2.37. The number of hydrogen-bond acceptors (Lipinski definition) is 3. The molecular weight excluding hydrogens is 314 g/mol. The predicted octanol–water partition coefficient (Wildman–Crippen LogP) is 2.80. The Bertz CT molecular complexity index is 748. The van der Waals surface area contributed by atoms with Crippen molar-refractivity contribution >= 4 is 16.8 Å². The number of aryl methyl sites for hydroxylation is 1. The number of hydrogen-bond donors (Lipinski definition) is 1. The maximum atomic E-state index is 12.9. The fourth-order valence-corrected chi connectivity index (χ4v) is 3.96. The van der Waals surface area contributed by atoms with Gasteiger partial charge < -0.3 is 14.6 Å². The average Bonchev–Trinajstić information content (AvgIpc) is 3.19. The minimum atomic E-state index is 0.118. The van der Waals surface area contributed by atoms with Crippen molar-refractivity contribution in [2.24, 2.45) is 0 Å². The maximum absolute atomic E-state index is 12.9. The van der Waals surface area contributed by atoms with Crippen molar-refractivity contribution in [1.29, 1.82) is 0 Å². The lowest BCUT2D eigenvalue weighted by molar-refractivity contribution is 0.0702. The van der Waals surface area contributed by atoms with Crippen LogP contribution in [0.5, 0.6) is 0 Å². The number of amides is 1. The first-order valence-corrected chi connectivity index (χ1v) is 9.42. The summed E-state index contributed by atoms with van der Waals surface area (Å²) in [5.41, 5.74) is 2.94. The van der Waals surface area contributed by atoms with Crippen molar-refractivity contribution in [3.63, 3.8) is 0 Å². The standard InChI is InChI=1S/C20H27N3O2/c1-15-5-6-16-13-19(21-18(16)12-15)20(24)23-8-3-7-22(9-10-23)14-17-4-2-11-25-17/h5-6,12-13,17,21H,2-4,7-11,14H2,1H3. The Balaban J connectivity index is 1.41. The highest BCUT2D eigenvalue weighted by atomic mass is 16.5. The predicted molar refractivity (Wildman–Crippen MR) is 99.0 cm³/mol. The van der Waals surface area contributed by atoms with Crippen molar-refractivity contribution in [3.05, 3.63) is 35.5 Å². The number of nitrogens with zero attached hydrogens (tertiary/aromatic N) is 2. The molecule has 2 aromatic rings. The summed E-state index contributed by atoms with van der Waals surface area (Å²) in [6.45, 7) is 7.59. The molecule has 1 N–H and O–H groups in total. The molecule has 1 atom stereocenters. The van der Waals surface area contributed by atoms with Gasteiger partial charge in [0.1, 0.15) is 5.69 Å². The van der Waals surface area contributed by atoms with Crippen LogP contribution in [0.25, 0.3) is 10.9 Å². The van der Waals surface area contributed by atoms with Crippen LogP contribution < -0.4 is 0 Å². The number of H-pyrrole nitrogens is 1. The normalized spacial score (nSPS) is 22.4. The summed E-state index contributed by atoms with van der Waals surface area (Å²) >= 11 is 0. The Morgan fingerprint density at radius 1 is 1.20 bits per heavy atom. The molecule has 3 heterocycles. The summed E-state index contributed by atoms with van der Waals surface area (Å²) in [5, 5.41) is 1.10. The molecule has 134 valence electrons. The third-order valence-electron chi connectivity index (χ3n) is 5.37. The van der Waals surface area contributed by atoms with Crippen LogP contribution in [0.2, 0.25) is 0 Å². The number of nitrogens with one attached hydrogen (secondary N) is 1. The Labute approximate surface area is 148 Å². The molecule has 2 aliphatic heterocycles. The summed E-state index contributed by atoms with van der Waals surface area (Å²) in [4.78, 5) is 20.7. The highest BCUT2D eigenvalue weighted by molar-refractivity contribution is 5.98. The van der Waals surface area contributed by atoms with Gasteiger partial charge in [0.2, 0.25) is 0 Å². The van der Waals surface area contributed by atoms with Gasteiger partial charge in [0, 0.05) is 43.7 Å². The largest absolute Gasteiger partial charge is 0.377 e. The molecule has 2 aliphatic rings. The van der Waals surface area contributed by atoms with Gasteiger partial charge in [-0.25, -0.2) is 0 Å². The quantitative estimate of drug-likeness (QED) is 0.934. The van der Waals surface area contributed by atoms with E-state index in [2.05, 4.69) is 35.0 Å². The molecule has 2 saturated heterocycles. The van der Waals surface area contributed by atoms with E-state index in [4.69, 9.17) is 4.74 Å². The molecule has 0 bridgehead atoms. The molecule has 0 spiro atoms. The maximum Gasteiger partial charge on any atom is 0.270 e. The van der Waals surface area contributed by atoms with Crippen LogP contribution in [0.4, 0.5) is 0 Å². The van der Waals surface area contributed by atoms with E-state index in [0.717, 1.165) is 56.7 Å². The Kier molecular flexibility index (Phi) is 4.77. The van der Waals surface area contributed by atoms with Crippen LogP contribution in [0.15, 0.2) is 24.3 Å². The summed E-state index contributed by atoms with van der Waals surface area (Å²) in [6, 6.07) is 8.23. The molecule has 1 amide bonds. The second kappa shape index (κ2) is 7.18. The number of fused-ring (bicyclic) bond motifs is 1. The smallest absolute Gasteiger partial charge is 0.270 e. The van der Waals surface area contributed by atoms with Crippen LogP contribution in [0, 0.1) is 6.92 Å². The van der Waals surface area contributed by atoms with Gasteiger partial charge in [0.05, 0.1) is 6.10 Å². The monoisotopic (exact) mass is 341 g/mol. The number of carbonyl (C=O) groups is 1. The zero-order valence-corrected chi connectivity index (χ0v) is 15.0. The number of benzene rings is 1. The number of aromatic amines is 1. The topological polar surface area (TPSA) is 48.6 Å². The van der Waals surface area contributed by atoms with E-state index in [-0.39, 0.29) is 5.91 Å². The molecular formula is C20H27N3O2. The summed E-state index contributed by atoms with van der Waals surface area (Å²) in [5.74, 6) is 0.118. The van der Waals surface area contributed by atoms with E-state index in [0.29, 0.717) is 11.8 Å². The van der Waals surface area contributed by atoms with Crippen molar-refractivity contribution in [3.8, 4) is 0 Å². The summed E-state index contributed by atoms with van der Waals surface area (Å²) in [6.07, 6.45) is 3.77. The van der Waals surface area contributed by atoms with Crippen molar-refractivity contribution in [2.75, 3.05) is 39.3 Å². The van der Waals surface area contributed by atoms with E-state index in [9.17, 15) is 4.79 Å². The second-order valence-corrected chi connectivity index (χ2v) is 7.36. The molecule has 1 aromatic carbocycles. The van der Waals surface area contributed by atoms with Crippen LogP contribution in [0.3, 0.4) is 0 Å². The molecule has 2 fully saturated rings. The van der Waals surface area contributed by atoms with Crippen LogP contribution >= 0.6 is 0 Å². The lowest BCUT2D eigenvalue weighted by Gasteiger charge is -2.23. The van der Waals surface area contributed by atoms with Gasteiger partial charge >= 0.3 is 0 Å². The van der Waals surface area contributed by atoms with Gasteiger partial charge in [-0.3, -0.25) is 9.69 Å². The third-order valence-corrected chi connectivity index (χ3v) is 5.37. The minimum absolute atomic E-state index is 0.118. The van der Waals surface area contributed by atoms with E-state index >= 15 is 0 Å². The highest BCUT2D eigenvalue weighted by Crippen LogP contribution is 2.19. The number of carbonyl (C=O) groups excluding carboxylic acids is 1. The van der Waals surface area contributed by atoms with E-state index in [1.54, 1.807) is 0 Å². The van der Waals surface area contributed by atoms with Crippen LogP contribution in [-0.4, -0.2) is 66.1 Å². The highest BCUT2D eigenvalue weighted by Gasteiger charge is 2.24. The molecule has 1 unspecified atom stereocenters. The van der Waals surface area contributed by atoms with Crippen molar-refractivity contribution in [1.82, 2.24) is 14.8 Å². The summed E-state index contributed by atoms with van der Waals surface area (Å²) < 4.78 is 5.76. The first kappa shape index (κ1) is 16.6. The molecule has 0 radical (unpaired) electrons. The Morgan fingerprint density at radius 3 is 2.96 bits per heavy atom. The molecule has 5 heteroatoms. The van der Waals surface area contributed by atoms with Gasteiger partial charge in [-0.15, -0.1) is 0 Å². The van der Waals surface area contributed by atoms with Gasteiger partial charge in [0.25, 0.3) is 5.91 Å². The fraction of sp³-hybridized carbons (Fsp3) is 0.550. The molecule has 1 aromatic heterocycles. The first-order valence-electron chi connectivity index (χ1n) is 9.42. The zero-order valence-electron chi connectivity index (χ0n) is 15.0. The number of rotatable bonds is 3. The van der Waals surface area contributed by atoms with Crippen LogP contribution in [0.1, 0.15) is 35.3 Å². The number of ether oxygens (including phenoxy) is 1. The van der Waals surface area contributed by atoms with Gasteiger partial charge in [-0.1, -0.05) is 12.1 Å². The van der Waals surface area contributed by atoms with Crippen molar-refractivity contribution in [2.45, 2.75) is 32.3 Å². The van der Waals surface area contributed by atoms with Crippen molar-refractivity contribution < 1.29 is 9.53 Å². The molecule has 25 heavy (non-hydrogen) atoms. The van der Waals surface area contributed by atoms with E-state index < -0.39 is 0 Å². The summed E-state index contributed by atoms with van der Waals surface area (Å²) in [7, 11) is 0. The zero-order chi connectivity index (χ0) is 17.2. The third kappa shape index (κ3) is 3.72. The molecule has 0 saturated carbocycles. The SMILES string of the molecule is Cc1ccc2cc(C(=O)N3CCCN(CC4CCCO4)CC3)[nH]c2c1. The average molecular weight is 341 g/mol. The van der Waals surface area contributed by atoms with Gasteiger partial charge in [-0.2, -0.15) is 0 Å². The van der Waals surface area contributed by atoms with Gasteiger partial charge in [-0.05, 0) is 50.4 Å². The van der Waals surface area contributed by atoms with E-state index in [1.807, 2.05) is 11.0 Å². The lowest BCUT2D eigenvalue weighted by atomic mass is 10.2. The fourth-order valence-electron chi connectivity index (χ4n) is 3.96. The van der Waals surface area contributed by atoms with Crippen LogP contribution in [-0.2, 0) is 4.74 Å². The first-order chi connectivity index (χ1) is 12.2. The van der Waals surface area contributed by atoms with E-state index in [1.165, 1.54) is 18.4 Å². The molecule has 4 rings (SSSR count). The minimum Gasteiger partial charge on any atom is -0.377 e.